The van der Waals surface area contributed by atoms with E-state index >= 15 is 0 Å². The maximum Gasteiger partial charge on any atom is 0.237 e. The van der Waals surface area contributed by atoms with Crippen LogP contribution in [0.5, 0.6) is 0 Å². The molecule has 0 radical (unpaired) electrons. The van der Waals surface area contributed by atoms with Crippen LogP contribution in [0, 0.1) is 17.8 Å². The van der Waals surface area contributed by atoms with Crippen molar-refractivity contribution in [2.75, 3.05) is 0 Å². The first-order chi connectivity index (χ1) is 7.91. The second kappa shape index (κ2) is 8.00. The van der Waals surface area contributed by atoms with Gasteiger partial charge in [-0.15, -0.1) is 12.4 Å². The first kappa shape index (κ1) is 17.7. The second-order valence-corrected chi connectivity index (χ2v) is 6.15. The summed E-state index contributed by atoms with van der Waals surface area (Å²) in [4.78, 5) is 11.9. The highest BCUT2D eigenvalue weighted by molar-refractivity contribution is 5.85. The van der Waals surface area contributed by atoms with Gasteiger partial charge in [0, 0.05) is 6.04 Å². The molecule has 4 heteroatoms. The van der Waals surface area contributed by atoms with Crippen molar-refractivity contribution >= 4 is 18.3 Å². The Balaban J connectivity index is 0.00000289. The molecule has 1 aliphatic carbocycles. The molecule has 0 aliphatic heterocycles. The van der Waals surface area contributed by atoms with Gasteiger partial charge in [-0.1, -0.05) is 40.5 Å². The smallest absolute Gasteiger partial charge is 0.237 e. The summed E-state index contributed by atoms with van der Waals surface area (Å²) in [5.74, 6) is 1.70. The van der Waals surface area contributed by atoms with Gasteiger partial charge in [0.2, 0.25) is 5.91 Å². The van der Waals surface area contributed by atoms with Gasteiger partial charge in [-0.3, -0.25) is 4.79 Å². The highest BCUT2D eigenvalue weighted by Crippen LogP contribution is 2.29. The Morgan fingerprint density at radius 3 is 2.33 bits per heavy atom. The fourth-order valence-electron chi connectivity index (χ4n) is 2.56. The van der Waals surface area contributed by atoms with E-state index in [1.165, 1.54) is 12.8 Å². The molecule has 18 heavy (non-hydrogen) atoms. The number of carbonyl (C=O) groups excluding carboxylic acids is 1. The molecule has 1 amide bonds. The van der Waals surface area contributed by atoms with Gasteiger partial charge in [-0.25, -0.2) is 0 Å². The summed E-state index contributed by atoms with van der Waals surface area (Å²) in [6, 6.07) is -0.0251. The van der Waals surface area contributed by atoms with Gasteiger partial charge in [0.25, 0.3) is 0 Å². The molecule has 1 rings (SSSR count). The van der Waals surface area contributed by atoms with E-state index in [2.05, 4.69) is 19.2 Å². The molecule has 3 nitrogen and oxygen atoms in total. The fraction of sp³-hybridized carbons (Fsp3) is 0.929. The van der Waals surface area contributed by atoms with E-state index in [1.54, 1.807) is 0 Å². The van der Waals surface area contributed by atoms with Crippen LogP contribution in [0.2, 0.25) is 0 Å². The van der Waals surface area contributed by atoms with E-state index in [0.29, 0.717) is 12.0 Å². The predicted octanol–water partition coefficient (Wildman–Crippen LogP) is 2.72. The Bertz CT molecular complexity index is 256. The van der Waals surface area contributed by atoms with Crippen molar-refractivity contribution in [3.05, 3.63) is 0 Å². The monoisotopic (exact) mass is 276 g/mol. The number of halogens is 1. The lowest BCUT2D eigenvalue weighted by Gasteiger charge is -2.33. The molecule has 1 saturated carbocycles. The van der Waals surface area contributed by atoms with Crippen molar-refractivity contribution in [2.45, 2.75) is 65.5 Å². The van der Waals surface area contributed by atoms with Crippen LogP contribution in [0.1, 0.15) is 53.4 Å². The molecule has 0 aromatic carbocycles. The molecule has 108 valence electrons. The van der Waals surface area contributed by atoms with Crippen molar-refractivity contribution < 1.29 is 4.79 Å². The Hall–Kier alpha value is -0.280. The summed E-state index contributed by atoms with van der Waals surface area (Å²) in [6.07, 6.45) is 4.76. The maximum atomic E-state index is 11.9. The zero-order valence-corrected chi connectivity index (χ0v) is 12.9. The molecule has 1 aliphatic rings. The lowest BCUT2D eigenvalue weighted by atomic mass is 9.79. The molecule has 0 bridgehead atoms. The molecule has 0 saturated heterocycles. The average molecular weight is 277 g/mol. The summed E-state index contributed by atoms with van der Waals surface area (Å²) in [7, 11) is 0. The fourth-order valence-corrected chi connectivity index (χ4v) is 2.56. The third-order valence-electron chi connectivity index (χ3n) is 4.02. The predicted molar refractivity (Wildman–Crippen MR) is 78.8 cm³/mol. The van der Waals surface area contributed by atoms with Gasteiger partial charge in [-0.2, -0.15) is 0 Å². The number of hydrogen-bond donors (Lipinski definition) is 2. The summed E-state index contributed by atoms with van der Waals surface area (Å²) in [5, 5.41) is 3.12. The molecule has 0 spiro atoms. The highest BCUT2D eigenvalue weighted by atomic mass is 35.5. The normalized spacial score (nSPS) is 25.7. The van der Waals surface area contributed by atoms with Gasteiger partial charge in [0.15, 0.2) is 0 Å². The van der Waals surface area contributed by atoms with Crippen molar-refractivity contribution in [1.29, 1.82) is 0 Å². The van der Waals surface area contributed by atoms with Crippen LogP contribution in [-0.2, 0) is 4.79 Å². The molecule has 3 atom stereocenters. The van der Waals surface area contributed by atoms with Crippen LogP contribution in [0.4, 0.5) is 0 Å². The lowest BCUT2D eigenvalue weighted by molar-refractivity contribution is -0.124. The topological polar surface area (TPSA) is 55.1 Å². The van der Waals surface area contributed by atoms with Crippen LogP contribution in [0.15, 0.2) is 0 Å². The zero-order chi connectivity index (χ0) is 13.0. The quantitative estimate of drug-likeness (QED) is 0.830. The molecule has 2 unspecified atom stereocenters. The number of rotatable bonds is 4. The number of amides is 1. The average Bonchev–Trinajstić information content (AvgIpc) is 2.28. The Labute approximate surface area is 118 Å². The number of nitrogens with two attached hydrogens (primary N) is 1. The standard InChI is InChI=1S/C14H28N2O.ClH/c1-9(2)11-6-5-7-12(8-11)16-14(17)13(15)10(3)4;/h9-13H,5-8,15H2,1-4H3,(H,16,17);1H/t11?,12?,13-;/m0./s1. The van der Waals surface area contributed by atoms with E-state index in [9.17, 15) is 4.79 Å². The summed E-state index contributed by atoms with van der Waals surface area (Å²) in [5.41, 5.74) is 5.86. The first-order valence-corrected chi connectivity index (χ1v) is 6.97. The van der Waals surface area contributed by atoms with Crippen molar-refractivity contribution in [3.63, 3.8) is 0 Å². The summed E-state index contributed by atoms with van der Waals surface area (Å²) >= 11 is 0. The second-order valence-electron chi connectivity index (χ2n) is 6.15. The minimum absolute atomic E-state index is 0. The Kier molecular flexibility index (Phi) is 7.88. The van der Waals surface area contributed by atoms with Crippen LogP contribution < -0.4 is 11.1 Å². The lowest BCUT2D eigenvalue weighted by Crippen LogP contribution is -2.49. The Morgan fingerprint density at radius 1 is 1.22 bits per heavy atom. The van der Waals surface area contributed by atoms with Crippen LogP contribution in [0.25, 0.3) is 0 Å². The van der Waals surface area contributed by atoms with E-state index in [-0.39, 0.29) is 30.3 Å². The molecule has 1 fully saturated rings. The molecular weight excluding hydrogens is 248 g/mol. The third-order valence-corrected chi connectivity index (χ3v) is 4.02. The van der Waals surface area contributed by atoms with Crippen molar-refractivity contribution in [3.8, 4) is 0 Å². The molecular formula is C14H29ClN2O. The zero-order valence-electron chi connectivity index (χ0n) is 12.1. The number of carbonyl (C=O) groups is 1. The SMILES string of the molecule is CC(C)C1CCCC(NC(=O)[C@@H](N)C(C)C)C1.Cl. The van der Waals surface area contributed by atoms with Crippen molar-refractivity contribution in [2.24, 2.45) is 23.5 Å². The molecule has 0 heterocycles. The maximum absolute atomic E-state index is 11.9. The van der Waals surface area contributed by atoms with E-state index in [0.717, 1.165) is 18.8 Å². The van der Waals surface area contributed by atoms with E-state index < -0.39 is 0 Å². The Morgan fingerprint density at radius 2 is 1.83 bits per heavy atom. The van der Waals surface area contributed by atoms with Gasteiger partial charge < -0.3 is 11.1 Å². The van der Waals surface area contributed by atoms with Crippen LogP contribution >= 0.6 is 12.4 Å². The van der Waals surface area contributed by atoms with Gasteiger partial charge in [0.05, 0.1) is 6.04 Å². The minimum atomic E-state index is -0.366. The third kappa shape index (κ3) is 5.15. The van der Waals surface area contributed by atoms with Gasteiger partial charge in [-0.05, 0) is 30.6 Å². The van der Waals surface area contributed by atoms with E-state index in [1.807, 2.05) is 13.8 Å². The first-order valence-electron chi connectivity index (χ1n) is 6.97. The van der Waals surface area contributed by atoms with Gasteiger partial charge in [0.1, 0.15) is 0 Å². The number of hydrogen-bond acceptors (Lipinski definition) is 2. The summed E-state index contributed by atoms with van der Waals surface area (Å²) < 4.78 is 0. The van der Waals surface area contributed by atoms with Crippen molar-refractivity contribution in [1.82, 2.24) is 5.32 Å². The molecule has 0 aromatic heterocycles. The van der Waals surface area contributed by atoms with Crippen LogP contribution in [0.3, 0.4) is 0 Å². The largest absolute Gasteiger partial charge is 0.352 e. The molecule has 3 N–H and O–H groups in total. The van der Waals surface area contributed by atoms with Crippen LogP contribution in [-0.4, -0.2) is 18.0 Å². The molecule has 0 aromatic rings. The number of nitrogens with one attached hydrogen (secondary N) is 1. The van der Waals surface area contributed by atoms with E-state index in [4.69, 9.17) is 5.73 Å². The highest BCUT2D eigenvalue weighted by Gasteiger charge is 2.27. The minimum Gasteiger partial charge on any atom is -0.352 e. The van der Waals surface area contributed by atoms with Gasteiger partial charge >= 0.3 is 0 Å². The summed E-state index contributed by atoms with van der Waals surface area (Å²) in [6.45, 7) is 8.52.